The lowest BCUT2D eigenvalue weighted by Gasteiger charge is -2.32. The van der Waals surface area contributed by atoms with Gasteiger partial charge in [0.15, 0.2) is 0 Å². The van der Waals surface area contributed by atoms with Gasteiger partial charge in [-0.2, -0.15) is 0 Å². The van der Waals surface area contributed by atoms with E-state index < -0.39 is 0 Å². The van der Waals surface area contributed by atoms with Crippen LogP contribution in [0.15, 0.2) is 54.9 Å². The summed E-state index contributed by atoms with van der Waals surface area (Å²) in [6.45, 7) is 2.73. The molecule has 0 amide bonds. The topological polar surface area (TPSA) is 72.6 Å². The van der Waals surface area contributed by atoms with E-state index >= 15 is 0 Å². The van der Waals surface area contributed by atoms with E-state index in [4.69, 9.17) is 14.5 Å². The Labute approximate surface area is 180 Å². The summed E-state index contributed by atoms with van der Waals surface area (Å²) in [6, 6.07) is 16.3. The van der Waals surface area contributed by atoms with Crippen molar-refractivity contribution in [2.24, 2.45) is 0 Å². The molecule has 1 N–H and O–H groups in total. The molecule has 1 aliphatic heterocycles. The van der Waals surface area contributed by atoms with Crippen molar-refractivity contribution in [1.82, 2.24) is 14.5 Å². The number of para-hydroxylation sites is 1. The van der Waals surface area contributed by atoms with Gasteiger partial charge in [0, 0.05) is 31.7 Å². The number of hydrogen-bond acceptors (Lipinski definition) is 6. The molecule has 4 aromatic rings. The van der Waals surface area contributed by atoms with Crippen LogP contribution in [0.5, 0.6) is 5.75 Å². The van der Waals surface area contributed by atoms with E-state index in [1.54, 1.807) is 13.4 Å². The van der Waals surface area contributed by atoms with Gasteiger partial charge in [0.1, 0.15) is 24.5 Å². The Morgan fingerprint density at radius 2 is 1.94 bits per heavy atom. The van der Waals surface area contributed by atoms with E-state index in [-0.39, 0.29) is 6.10 Å². The van der Waals surface area contributed by atoms with Crippen LogP contribution in [0.25, 0.3) is 27.8 Å². The number of hydrogen-bond donors (Lipinski definition) is 1. The van der Waals surface area contributed by atoms with Crippen LogP contribution < -0.4 is 9.64 Å². The molecule has 31 heavy (non-hydrogen) atoms. The number of nitrogens with zero attached hydrogens (tertiary/aromatic N) is 4. The van der Waals surface area contributed by atoms with Crippen molar-refractivity contribution >= 4 is 27.6 Å². The summed E-state index contributed by atoms with van der Waals surface area (Å²) in [4.78, 5) is 11.9. The number of pyridine rings is 1. The molecular formula is C24H26N4O3. The van der Waals surface area contributed by atoms with E-state index in [1.807, 2.05) is 28.8 Å². The predicted molar refractivity (Wildman–Crippen MR) is 121 cm³/mol. The molecule has 1 saturated heterocycles. The molecule has 160 valence electrons. The minimum Gasteiger partial charge on any atom is -0.491 e. The lowest BCUT2D eigenvalue weighted by Crippen LogP contribution is -2.35. The summed E-state index contributed by atoms with van der Waals surface area (Å²) in [5.74, 6) is 1.60. The van der Waals surface area contributed by atoms with Crippen molar-refractivity contribution in [1.29, 1.82) is 0 Å². The van der Waals surface area contributed by atoms with Crippen LogP contribution >= 0.6 is 0 Å². The second-order valence-corrected chi connectivity index (χ2v) is 7.84. The van der Waals surface area contributed by atoms with Crippen LogP contribution in [0.3, 0.4) is 0 Å². The zero-order valence-electron chi connectivity index (χ0n) is 17.6. The highest BCUT2D eigenvalue weighted by atomic mass is 16.5. The maximum absolute atomic E-state index is 9.87. The van der Waals surface area contributed by atoms with Gasteiger partial charge >= 0.3 is 0 Å². The Morgan fingerprint density at radius 3 is 2.77 bits per heavy atom. The average Bonchev–Trinajstić information content (AvgIpc) is 3.22. The van der Waals surface area contributed by atoms with E-state index in [0.29, 0.717) is 13.2 Å². The smallest absolute Gasteiger partial charge is 0.139 e. The SMILES string of the molecule is COCCOc1ccc2c(c1)ncn2-c1ccc2cccc(N3CCC(O)CC3)c2n1. The van der Waals surface area contributed by atoms with E-state index in [9.17, 15) is 5.11 Å². The molecule has 0 spiro atoms. The van der Waals surface area contributed by atoms with Crippen LogP contribution in [0.1, 0.15) is 12.8 Å². The van der Waals surface area contributed by atoms with E-state index in [0.717, 1.165) is 65.1 Å². The number of aliphatic hydroxyl groups excluding tert-OH is 1. The zero-order chi connectivity index (χ0) is 21.2. The first kappa shape index (κ1) is 19.8. The molecular weight excluding hydrogens is 392 g/mol. The first-order valence-corrected chi connectivity index (χ1v) is 10.6. The van der Waals surface area contributed by atoms with E-state index in [2.05, 4.69) is 34.1 Å². The van der Waals surface area contributed by atoms with Gasteiger partial charge in [0.2, 0.25) is 0 Å². The molecule has 0 saturated carbocycles. The monoisotopic (exact) mass is 418 g/mol. The third kappa shape index (κ3) is 3.94. The fraction of sp³-hybridized carbons (Fsp3) is 0.333. The predicted octanol–water partition coefficient (Wildman–Crippen LogP) is 3.56. The Morgan fingerprint density at radius 1 is 1.06 bits per heavy atom. The second-order valence-electron chi connectivity index (χ2n) is 7.84. The summed E-state index contributed by atoms with van der Waals surface area (Å²) >= 11 is 0. The van der Waals surface area contributed by atoms with Crippen LogP contribution in [-0.4, -0.2) is 59.2 Å². The standard InChI is InChI=1S/C24H26N4O3/c1-30-13-14-31-19-6-7-21-20(15-19)25-16-28(21)23-8-5-17-3-2-4-22(24(17)26-23)27-11-9-18(29)10-12-27/h2-8,15-16,18,29H,9-14H2,1H3. The molecule has 0 unspecified atom stereocenters. The lowest BCUT2D eigenvalue weighted by atomic mass is 10.1. The minimum atomic E-state index is -0.199. The number of piperidine rings is 1. The van der Waals surface area contributed by atoms with Gasteiger partial charge in [0.05, 0.1) is 34.9 Å². The summed E-state index contributed by atoms with van der Waals surface area (Å²) < 4.78 is 12.7. The lowest BCUT2D eigenvalue weighted by molar-refractivity contribution is 0.145. The highest BCUT2D eigenvalue weighted by Crippen LogP contribution is 2.30. The van der Waals surface area contributed by atoms with Gasteiger partial charge in [-0.15, -0.1) is 0 Å². The highest BCUT2D eigenvalue weighted by molar-refractivity contribution is 5.92. The molecule has 1 fully saturated rings. The average molecular weight is 418 g/mol. The largest absolute Gasteiger partial charge is 0.491 e. The van der Waals surface area contributed by atoms with Gasteiger partial charge in [0.25, 0.3) is 0 Å². The van der Waals surface area contributed by atoms with Gasteiger partial charge in [-0.1, -0.05) is 12.1 Å². The Bertz CT molecular complexity index is 1200. The van der Waals surface area contributed by atoms with Crippen molar-refractivity contribution in [3.63, 3.8) is 0 Å². The fourth-order valence-corrected chi connectivity index (χ4v) is 4.12. The molecule has 7 nitrogen and oxygen atoms in total. The molecule has 7 heteroatoms. The molecule has 0 aliphatic carbocycles. The van der Waals surface area contributed by atoms with Crippen LogP contribution in [0.2, 0.25) is 0 Å². The fourth-order valence-electron chi connectivity index (χ4n) is 4.12. The van der Waals surface area contributed by atoms with Crippen molar-refractivity contribution in [2.75, 3.05) is 38.3 Å². The van der Waals surface area contributed by atoms with E-state index in [1.165, 1.54) is 0 Å². The molecule has 0 atom stereocenters. The van der Waals surface area contributed by atoms with Crippen LogP contribution in [0.4, 0.5) is 5.69 Å². The first-order valence-electron chi connectivity index (χ1n) is 10.6. The molecule has 2 aromatic heterocycles. The number of methoxy groups -OCH3 is 1. The number of rotatable bonds is 6. The molecule has 0 bridgehead atoms. The number of benzene rings is 2. The molecule has 0 radical (unpaired) electrons. The van der Waals surface area contributed by atoms with Crippen molar-refractivity contribution in [2.45, 2.75) is 18.9 Å². The van der Waals surface area contributed by atoms with Gasteiger partial charge in [-0.3, -0.25) is 4.57 Å². The second kappa shape index (κ2) is 8.53. The highest BCUT2D eigenvalue weighted by Gasteiger charge is 2.19. The Balaban J connectivity index is 1.50. The summed E-state index contributed by atoms with van der Waals surface area (Å²) in [5, 5.41) is 11.0. The van der Waals surface area contributed by atoms with Crippen molar-refractivity contribution in [3.8, 4) is 11.6 Å². The van der Waals surface area contributed by atoms with Gasteiger partial charge in [-0.05, 0) is 43.2 Å². The normalized spacial score (nSPS) is 15.1. The number of ether oxygens (including phenoxy) is 2. The van der Waals surface area contributed by atoms with Crippen LogP contribution in [-0.2, 0) is 4.74 Å². The number of anilines is 1. The summed E-state index contributed by atoms with van der Waals surface area (Å²) in [5.41, 5.74) is 3.92. The molecule has 1 aliphatic rings. The number of aromatic nitrogens is 3. The Hall–Kier alpha value is -3.16. The minimum absolute atomic E-state index is 0.199. The van der Waals surface area contributed by atoms with Crippen LogP contribution in [0, 0.1) is 0 Å². The Kier molecular flexibility index (Phi) is 5.44. The quantitative estimate of drug-likeness (QED) is 0.483. The number of imidazole rings is 1. The summed E-state index contributed by atoms with van der Waals surface area (Å²) in [6.07, 6.45) is 3.18. The molecule has 5 rings (SSSR count). The first-order chi connectivity index (χ1) is 15.2. The third-order valence-corrected chi connectivity index (χ3v) is 5.81. The van der Waals surface area contributed by atoms with Crippen molar-refractivity contribution in [3.05, 3.63) is 54.9 Å². The summed E-state index contributed by atoms with van der Waals surface area (Å²) in [7, 11) is 1.66. The van der Waals surface area contributed by atoms with Gasteiger partial charge < -0.3 is 19.5 Å². The van der Waals surface area contributed by atoms with Crippen molar-refractivity contribution < 1.29 is 14.6 Å². The maximum atomic E-state index is 9.87. The third-order valence-electron chi connectivity index (χ3n) is 5.81. The van der Waals surface area contributed by atoms with Gasteiger partial charge in [-0.25, -0.2) is 9.97 Å². The maximum Gasteiger partial charge on any atom is 0.139 e. The number of aliphatic hydroxyl groups is 1. The zero-order valence-corrected chi connectivity index (χ0v) is 17.6. The molecule has 3 heterocycles. The molecule has 2 aromatic carbocycles. The number of fused-ring (bicyclic) bond motifs is 2.